The number of nitrogens with zero attached hydrogens (tertiary/aromatic N) is 4. The van der Waals surface area contributed by atoms with Crippen molar-refractivity contribution in [1.82, 2.24) is 5.23 Å². The molecule has 1 unspecified atom stereocenters. The van der Waals surface area contributed by atoms with E-state index in [-0.39, 0.29) is 36.8 Å². The van der Waals surface area contributed by atoms with E-state index in [1.165, 1.54) is 0 Å². The van der Waals surface area contributed by atoms with Crippen molar-refractivity contribution in [2.75, 3.05) is 5.88 Å². The molecule has 3 fully saturated rings. The van der Waals surface area contributed by atoms with Crippen molar-refractivity contribution in [2.45, 2.75) is 68.0 Å². The van der Waals surface area contributed by atoms with Crippen LogP contribution in [0.3, 0.4) is 0 Å². The van der Waals surface area contributed by atoms with Gasteiger partial charge in [-0.3, -0.25) is 35.2 Å². The predicted octanol–water partition coefficient (Wildman–Crippen LogP) is 1.49. The molecule has 0 aromatic carbocycles. The molecule has 140 valence electrons. The Morgan fingerprint density at radius 2 is 1.60 bits per heavy atom. The van der Waals surface area contributed by atoms with Crippen LogP contribution in [0.15, 0.2) is 0 Å². The fourth-order valence-corrected chi connectivity index (χ4v) is 3.94. The molecule has 13 heteroatoms. The van der Waals surface area contributed by atoms with Gasteiger partial charge >= 0.3 is 5.79 Å². The number of hydrogen-bond donors (Lipinski definition) is 0. The van der Waals surface area contributed by atoms with Gasteiger partial charge in [0.15, 0.2) is 5.60 Å². The number of nitro groups is 3. The van der Waals surface area contributed by atoms with Crippen LogP contribution in [0, 0.1) is 30.3 Å². The second kappa shape index (κ2) is 5.97. The van der Waals surface area contributed by atoms with E-state index in [0.717, 1.165) is 0 Å². The lowest BCUT2D eigenvalue weighted by Crippen LogP contribution is -2.70. The largest absolute Gasteiger partial charge is 0.568 e. The maximum atomic E-state index is 11.6. The average Bonchev–Trinajstić information content (AvgIpc) is 2.82. The van der Waals surface area contributed by atoms with E-state index in [2.05, 4.69) is 0 Å². The van der Waals surface area contributed by atoms with E-state index in [4.69, 9.17) is 21.3 Å². The van der Waals surface area contributed by atoms with Crippen LogP contribution in [0.4, 0.5) is 0 Å². The predicted molar refractivity (Wildman–Crippen MR) is 80.0 cm³/mol. The molecular formula is C12H17ClN4O8. The normalized spacial score (nSPS) is 29.4. The molecule has 2 aliphatic carbocycles. The van der Waals surface area contributed by atoms with Crippen LogP contribution in [0.5, 0.6) is 0 Å². The minimum atomic E-state index is -2.87. The summed E-state index contributed by atoms with van der Waals surface area (Å²) >= 11 is 5.65. The number of hydroxylamine groups is 2. The third-order valence-corrected chi connectivity index (χ3v) is 5.94. The van der Waals surface area contributed by atoms with Crippen molar-refractivity contribution in [3.05, 3.63) is 30.3 Å². The molecule has 1 aliphatic heterocycles. The minimum absolute atomic E-state index is 0.212. The Labute approximate surface area is 146 Å². The van der Waals surface area contributed by atoms with Crippen molar-refractivity contribution in [3.63, 3.8) is 0 Å². The zero-order valence-corrected chi connectivity index (χ0v) is 13.9. The van der Waals surface area contributed by atoms with Crippen molar-refractivity contribution < 1.29 is 24.4 Å². The van der Waals surface area contributed by atoms with Gasteiger partial charge in [-0.25, -0.2) is 4.84 Å². The molecule has 0 amide bonds. The molecular weight excluding hydrogens is 364 g/mol. The number of hydrogen-bond acceptors (Lipinski definition) is 9. The van der Waals surface area contributed by atoms with E-state index in [9.17, 15) is 30.3 Å². The zero-order chi connectivity index (χ0) is 18.5. The first-order valence-corrected chi connectivity index (χ1v) is 8.43. The summed E-state index contributed by atoms with van der Waals surface area (Å²) in [6.07, 6.45) is 0.739. The van der Waals surface area contributed by atoms with Crippen molar-refractivity contribution in [2.24, 2.45) is 0 Å². The van der Waals surface area contributed by atoms with E-state index in [0.29, 0.717) is 12.8 Å². The molecule has 0 spiro atoms. The quantitative estimate of drug-likeness (QED) is 0.276. The first-order valence-electron chi connectivity index (χ1n) is 7.90. The molecule has 12 nitrogen and oxygen atoms in total. The molecule has 1 saturated heterocycles. The standard InChI is InChI=1S/C12H17ClN4O8/c13-8-9-7-12(15(20)21,16(22)23)17(24-9)25-11(5-2-6-11)10(14(18)19)3-1-4-10/h9H,1-8H2. The smallest absolute Gasteiger partial charge is 0.264 e. The topological polar surface area (TPSA) is 151 Å². The molecule has 1 heterocycles. The Balaban J connectivity index is 1.95. The zero-order valence-electron chi connectivity index (χ0n) is 13.2. The number of rotatable bonds is 7. The van der Waals surface area contributed by atoms with Crippen LogP contribution in [-0.4, -0.2) is 48.9 Å². The fraction of sp³-hybridized carbons (Fsp3) is 1.00. The Morgan fingerprint density at radius 1 is 1.04 bits per heavy atom. The maximum absolute atomic E-state index is 11.6. The van der Waals surface area contributed by atoms with Gasteiger partial charge in [0.2, 0.25) is 0 Å². The highest BCUT2D eigenvalue weighted by atomic mass is 35.5. The minimum Gasteiger partial charge on any atom is -0.264 e. The Kier molecular flexibility index (Phi) is 4.34. The third-order valence-electron chi connectivity index (χ3n) is 5.59. The van der Waals surface area contributed by atoms with Crippen LogP contribution >= 0.6 is 11.6 Å². The van der Waals surface area contributed by atoms with E-state index < -0.39 is 44.2 Å². The van der Waals surface area contributed by atoms with Crippen molar-refractivity contribution in [1.29, 1.82) is 0 Å². The SMILES string of the molecule is O=[N+]([O-])C1([N+](=O)[O-])CC(CCl)ON1OC1(C2([N+](=O)[O-])CCC2)CCC1. The van der Waals surface area contributed by atoms with Gasteiger partial charge in [0, 0.05) is 17.8 Å². The van der Waals surface area contributed by atoms with E-state index in [1.54, 1.807) is 0 Å². The summed E-state index contributed by atoms with van der Waals surface area (Å²) in [5.74, 6) is -3.08. The van der Waals surface area contributed by atoms with Gasteiger partial charge in [0.05, 0.1) is 11.1 Å². The highest BCUT2D eigenvalue weighted by molar-refractivity contribution is 6.18. The van der Waals surface area contributed by atoms with Crippen molar-refractivity contribution >= 4 is 11.6 Å². The molecule has 2 saturated carbocycles. The molecule has 0 N–H and O–H groups in total. The van der Waals surface area contributed by atoms with Gasteiger partial charge in [0.1, 0.15) is 22.4 Å². The van der Waals surface area contributed by atoms with Crippen molar-refractivity contribution in [3.8, 4) is 0 Å². The van der Waals surface area contributed by atoms with Gasteiger partial charge < -0.3 is 0 Å². The number of halogens is 1. The second-order valence-electron chi connectivity index (χ2n) is 6.71. The summed E-state index contributed by atoms with van der Waals surface area (Å²) in [5, 5.41) is 34.9. The molecule has 0 aromatic heterocycles. The maximum Gasteiger partial charge on any atom is 0.568 e. The fourth-order valence-electron chi connectivity index (χ4n) is 3.78. The first-order chi connectivity index (χ1) is 11.7. The summed E-state index contributed by atoms with van der Waals surface area (Å²) in [6.45, 7) is 0. The number of alkyl halides is 1. The van der Waals surface area contributed by atoms with Gasteiger partial charge in [-0.05, 0) is 25.7 Å². The van der Waals surface area contributed by atoms with Gasteiger partial charge in [0.25, 0.3) is 5.54 Å². The highest BCUT2D eigenvalue weighted by Crippen LogP contribution is 2.56. The summed E-state index contributed by atoms with van der Waals surface area (Å²) in [4.78, 5) is 42.8. The lowest BCUT2D eigenvalue weighted by molar-refractivity contribution is -0.855. The summed E-state index contributed by atoms with van der Waals surface area (Å²) in [6, 6.07) is 0. The van der Waals surface area contributed by atoms with E-state index >= 15 is 0 Å². The van der Waals surface area contributed by atoms with Crippen LogP contribution in [0.25, 0.3) is 0 Å². The lowest BCUT2D eigenvalue weighted by atomic mass is 9.57. The van der Waals surface area contributed by atoms with Crippen LogP contribution < -0.4 is 0 Å². The highest BCUT2D eigenvalue weighted by Gasteiger charge is 2.76. The summed E-state index contributed by atoms with van der Waals surface area (Å²) in [5.41, 5.74) is -2.74. The van der Waals surface area contributed by atoms with Gasteiger partial charge in [-0.15, -0.1) is 11.6 Å². The third kappa shape index (κ3) is 2.31. The molecule has 25 heavy (non-hydrogen) atoms. The molecule has 3 rings (SSSR count). The van der Waals surface area contributed by atoms with Crippen LogP contribution in [0.2, 0.25) is 0 Å². The summed E-state index contributed by atoms with van der Waals surface area (Å²) < 4.78 is 0. The molecule has 1 atom stereocenters. The molecule has 3 aliphatic rings. The Bertz CT molecular complexity index is 594. The Morgan fingerprint density at radius 3 is 1.92 bits per heavy atom. The molecule has 0 bridgehead atoms. The lowest BCUT2D eigenvalue weighted by Gasteiger charge is -2.53. The van der Waals surface area contributed by atoms with Gasteiger partial charge in [-0.1, -0.05) is 0 Å². The molecule has 0 aromatic rings. The first kappa shape index (κ1) is 18.2. The van der Waals surface area contributed by atoms with Crippen LogP contribution in [-0.2, 0) is 9.68 Å². The summed E-state index contributed by atoms with van der Waals surface area (Å²) in [7, 11) is 0. The Hall–Kier alpha value is -1.63. The second-order valence-corrected chi connectivity index (χ2v) is 7.02. The van der Waals surface area contributed by atoms with Gasteiger partial charge in [-0.2, -0.15) is 0 Å². The van der Waals surface area contributed by atoms with Crippen LogP contribution in [0.1, 0.15) is 44.9 Å². The average molecular weight is 381 g/mol. The van der Waals surface area contributed by atoms with E-state index in [1.807, 2.05) is 0 Å². The molecule has 0 radical (unpaired) electrons. The monoisotopic (exact) mass is 380 g/mol.